The van der Waals surface area contributed by atoms with Gasteiger partial charge >= 0.3 is 0 Å². The zero-order chi connectivity index (χ0) is 15.4. The van der Waals surface area contributed by atoms with Gasteiger partial charge in [-0.1, -0.05) is 59.6 Å². The van der Waals surface area contributed by atoms with E-state index in [-0.39, 0.29) is 5.92 Å². The van der Waals surface area contributed by atoms with Crippen LogP contribution in [0.25, 0.3) is 0 Å². The lowest BCUT2D eigenvalue weighted by atomic mass is 9.86. The van der Waals surface area contributed by atoms with Crippen molar-refractivity contribution in [2.45, 2.75) is 12.0 Å². The fourth-order valence-corrected chi connectivity index (χ4v) is 2.79. The van der Waals surface area contributed by atoms with Crippen LogP contribution in [-0.2, 0) is 0 Å². The molecule has 0 radical (unpaired) electrons. The number of likely N-dealkylation sites (N-methyl/N-ethyl adjacent to an activating group) is 1. The lowest BCUT2D eigenvalue weighted by Crippen LogP contribution is -2.31. The normalized spacial score (nSPS) is 14.2. The van der Waals surface area contributed by atoms with Crippen molar-refractivity contribution in [1.29, 1.82) is 0 Å². The summed E-state index contributed by atoms with van der Waals surface area (Å²) < 4.78 is 0. The third-order valence-corrected chi connectivity index (χ3v) is 4.14. The Morgan fingerprint density at radius 2 is 1.62 bits per heavy atom. The molecule has 0 aliphatic heterocycles. The molecule has 21 heavy (non-hydrogen) atoms. The highest BCUT2D eigenvalue weighted by atomic mass is 35.5. The molecule has 0 aliphatic carbocycles. The maximum atomic E-state index is 10.6. The monoisotopic (exact) mass is 323 g/mol. The first-order valence-corrected chi connectivity index (χ1v) is 7.57. The Hall–Kier alpha value is -1.06. The molecule has 2 nitrogen and oxygen atoms in total. The van der Waals surface area contributed by atoms with Crippen LogP contribution in [0.5, 0.6) is 0 Å². The van der Waals surface area contributed by atoms with Gasteiger partial charge in [0.1, 0.15) is 0 Å². The second kappa shape index (κ2) is 7.28. The minimum Gasteiger partial charge on any atom is -0.391 e. The number of nitrogens with zero attached hydrogens (tertiary/aromatic N) is 1. The molecule has 0 aromatic heterocycles. The van der Waals surface area contributed by atoms with Crippen LogP contribution >= 0.6 is 23.2 Å². The molecule has 2 aromatic carbocycles. The molecule has 0 spiro atoms. The third-order valence-electron chi connectivity index (χ3n) is 3.40. The zero-order valence-corrected chi connectivity index (χ0v) is 13.6. The third kappa shape index (κ3) is 4.21. The smallest absolute Gasteiger partial charge is 0.0775 e. The van der Waals surface area contributed by atoms with Crippen LogP contribution in [0.1, 0.15) is 17.0 Å². The number of halogens is 2. The number of hydrogen-bond acceptors (Lipinski definition) is 2. The van der Waals surface area contributed by atoms with Crippen LogP contribution in [0.4, 0.5) is 0 Å². The van der Waals surface area contributed by atoms with Crippen LogP contribution in [0.2, 0.25) is 10.0 Å². The molecule has 0 unspecified atom stereocenters. The molecule has 0 fully saturated rings. The van der Waals surface area contributed by atoms with Gasteiger partial charge in [-0.05, 0) is 37.4 Å². The number of hydrogen-bond donors (Lipinski definition) is 1. The van der Waals surface area contributed by atoms with E-state index in [1.54, 1.807) is 6.07 Å². The molecule has 0 amide bonds. The Balaban J connectivity index is 2.42. The lowest BCUT2D eigenvalue weighted by Gasteiger charge is -2.26. The molecular weight excluding hydrogens is 305 g/mol. The molecule has 0 bridgehead atoms. The van der Waals surface area contributed by atoms with E-state index in [2.05, 4.69) is 0 Å². The van der Waals surface area contributed by atoms with Gasteiger partial charge in [-0.15, -0.1) is 0 Å². The van der Waals surface area contributed by atoms with Crippen molar-refractivity contribution in [3.63, 3.8) is 0 Å². The topological polar surface area (TPSA) is 23.5 Å². The molecule has 0 saturated carbocycles. The molecule has 2 aromatic rings. The van der Waals surface area contributed by atoms with Gasteiger partial charge in [0.25, 0.3) is 0 Å². The van der Waals surface area contributed by atoms with E-state index in [0.29, 0.717) is 16.6 Å². The average molecular weight is 324 g/mol. The Labute approximate surface area is 135 Å². The Morgan fingerprint density at radius 1 is 0.952 bits per heavy atom. The van der Waals surface area contributed by atoms with Crippen molar-refractivity contribution < 1.29 is 5.11 Å². The first kappa shape index (κ1) is 16.3. The summed E-state index contributed by atoms with van der Waals surface area (Å²) in [6, 6.07) is 15.5. The van der Waals surface area contributed by atoms with Gasteiger partial charge in [-0.2, -0.15) is 0 Å². The molecular formula is C17H19Cl2NO. The highest BCUT2D eigenvalue weighted by Crippen LogP contribution is 2.32. The molecule has 0 aliphatic rings. The molecule has 2 rings (SSSR count). The summed E-state index contributed by atoms with van der Waals surface area (Å²) in [4.78, 5) is 1.97. The highest BCUT2D eigenvalue weighted by molar-refractivity contribution is 6.42. The lowest BCUT2D eigenvalue weighted by molar-refractivity contribution is 0.121. The summed E-state index contributed by atoms with van der Waals surface area (Å²) in [5.41, 5.74) is 2.02. The van der Waals surface area contributed by atoms with E-state index in [1.807, 2.05) is 61.5 Å². The number of aliphatic hydroxyl groups is 1. The first-order valence-electron chi connectivity index (χ1n) is 6.81. The number of aliphatic hydroxyl groups excluding tert-OH is 1. The first-order chi connectivity index (χ1) is 9.99. The van der Waals surface area contributed by atoms with E-state index in [9.17, 15) is 5.11 Å². The van der Waals surface area contributed by atoms with Crippen molar-refractivity contribution in [2.75, 3.05) is 20.6 Å². The maximum absolute atomic E-state index is 10.6. The van der Waals surface area contributed by atoms with Crippen molar-refractivity contribution in [2.24, 2.45) is 0 Å². The summed E-state index contributed by atoms with van der Waals surface area (Å²) in [6.45, 7) is 0.569. The van der Waals surface area contributed by atoms with Gasteiger partial charge in [0.05, 0.1) is 16.1 Å². The molecule has 0 saturated heterocycles. The summed E-state index contributed by atoms with van der Waals surface area (Å²) in [5, 5.41) is 11.7. The predicted octanol–water partition coefficient (Wildman–Crippen LogP) is 4.05. The largest absolute Gasteiger partial charge is 0.391 e. The van der Waals surface area contributed by atoms with Gasteiger partial charge < -0.3 is 10.0 Å². The molecule has 0 heterocycles. The fraction of sp³-hybridized carbons (Fsp3) is 0.294. The second-order valence-corrected chi connectivity index (χ2v) is 6.21. The quantitative estimate of drug-likeness (QED) is 0.897. The zero-order valence-electron chi connectivity index (χ0n) is 12.1. The number of benzene rings is 2. The van der Waals surface area contributed by atoms with Gasteiger partial charge in [-0.25, -0.2) is 0 Å². The Morgan fingerprint density at radius 3 is 2.19 bits per heavy atom. The fourth-order valence-electron chi connectivity index (χ4n) is 2.48. The van der Waals surface area contributed by atoms with Gasteiger partial charge in [-0.3, -0.25) is 0 Å². The van der Waals surface area contributed by atoms with E-state index in [1.165, 1.54) is 0 Å². The minimum atomic E-state index is -0.528. The van der Waals surface area contributed by atoms with Crippen LogP contribution in [-0.4, -0.2) is 36.8 Å². The van der Waals surface area contributed by atoms with Gasteiger partial charge in [0.15, 0.2) is 0 Å². The minimum absolute atomic E-state index is 0.136. The van der Waals surface area contributed by atoms with Crippen molar-refractivity contribution >= 4 is 23.2 Å². The highest BCUT2D eigenvalue weighted by Gasteiger charge is 2.24. The standard InChI is InChI=1S/C17H19Cl2NO/c1-20(2)11-16(21)17(12-6-4-3-5-7-12)13-8-9-14(18)15(19)10-13/h3-10,16-17,21H,11H2,1-2H3/t16-,17+/m1/s1. The van der Waals surface area contributed by atoms with Crippen LogP contribution < -0.4 is 0 Å². The van der Waals surface area contributed by atoms with E-state index in [4.69, 9.17) is 23.2 Å². The van der Waals surface area contributed by atoms with Crippen LogP contribution in [0.15, 0.2) is 48.5 Å². The molecule has 4 heteroatoms. The van der Waals surface area contributed by atoms with Gasteiger partial charge in [0.2, 0.25) is 0 Å². The maximum Gasteiger partial charge on any atom is 0.0775 e. The summed E-state index contributed by atoms with van der Waals surface area (Å²) in [6.07, 6.45) is -0.528. The summed E-state index contributed by atoms with van der Waals surface area (Å²) >= 11 is 12.1. The SMILES string of the molecule is CN(C)C[C@@H](O)[C@@H](c1ccccc1)c1ccc(Cl)c(Cl)c1. The predicted molar refractivity (Wildman–Crippen MR) is 89.3 cm³/mol. The second-order valence-electron chi connectivity index (χ2n) is 5.39. The average Bonchev–Trinajstić information content (AvgIpc) is 2.43. The Bertz CT molecular complexity index is 587. The van der Waals surface area contributed by atoms with E-state index < -0.39 is 6.10 Å². The summed E-state index contributed by atoms with van der Waals surface area (Å²) in [5.74, 6) is -0.136. The van der Waals surface area contributed by atoms with Crippen molar-refractivity contribution in [1.82, 2.24) is 4.90 Å². The molecule has 2 atom stereocenters. The summed E-state index contributed by atoms with van der Waals surface area (Å²) in [7, 11) is 3.89. The van der Waals surface area contributed by atoms with E-state index >= 15 is 0 Å². The van der Waals surface area contributed by atoms with Gasteiger partial charge in [0, 0.05) is 12.5 Å². The molecule has 1 N–H and O–H groups in total. The Kier molecular flexibility index (Phi) is 5.65. The number of rotatable bonds is 5. The van der Waals surface area contributed by atoms with Crippen molar-refractivity contribution in [3.8, 4) is 0 Å². The van der Waals surface area contributed by atoms with Crippen molar-refractivity contribution in [3.05, 3.63) is 69.7 Å². The molecule has 112 valence electrons. The van der Waals surface area contributed by atoms with Crippen LogP contribution in [0.3, 0.4) is 0 Å². The van der Waals surface area contributed by atoms with Crippen LogP contribution in [0, 0.1) is 0 Å². The van der Waals surface area contributed by atoms with E-state index in [0.717, 1.165) is 11.1 Å².